The van der Waals surface area contributed by atoms with Gasteiger partial charge in [-0.1, -0.05) is 41.5 Å². The number of carbonyl (C=O) groups is 1. The molecule has 1 aliphatic heterocycles. The van der Waals surface area contributed by atoms with Gasteiger partial charge in [0.25, 0.3) is 5.91 Å². The largest absolute Gasteiger partial charge is 0.497 e. The monoisotopic (exact) mass is 588 g/mol. The number of rotatable bonds is 16. The van der Waals surface area contributed by atoms with E-state index in [1.165, 1.54) is 0 Å². The van der Waals surface area contributed by atoms with Gasteiger partial charge in [-0.3, -0.25) is 10.2 Å². The first-order valence-electron chi connectivity index (χ1n) is 13.9. The van der Waals surface area contributed by atoms with E-state index in [1.807, 2.05) is 30.3 Å². The average molecular weight is 589 g/mol. The fourth-order valence-corrected chi connectivity index (χ4v) is 4.74. The Morgan fingerprint density at radius 3 is 2.63 bits per heavy atom. The van der Waals surface area contributed by atoms with Gasteiger partial charge in [-0.2, -0.15) is 0 Å². The number of ether oxygens (including phenoxy) is 4. The highest BCUT2D eigenvalue weighted by atomic mass is 16.5. The summed E-state index contributed by atoms with van der Waals surface area (Å²) in [6, 6.07) is 21.6. The van der Waals surface area contributed by atoms with E-state index in [1.54, 1.807) is 56.7 Å². The zero-order valence-corrected chi connectivity index (χ0v) is 24.2. The van der Waals surface area contributed by atoms with Crippen molar-refractivity contribution in [3.8, 4) is 11.5 Å². The second kappa shape index (κ2) is 15.6. The minimum Gasteiger partial charge on any atom is -0.497 e. The molecule has 3 N–H and O–H groups in total. The summed E-state index contributed by atoms with van der Waals surface area (Å²) in [4.78, 5) is 22.2. The Bertz CT molecular complexity index is 1440. The molecule has 1 heterocycles. The first kappa shape index (κ1) is 31.3. The van der Waals surface area contributed by atoms with Crippen LogP contribution in [0.25, 0.3) is 10.4 Å². The Hall–Kier alpha value is -4.61. The lowest BCUT2D eigenvalue weighted by atomic mass is 9.81. The summed E-state index contributed by atoms with van der Waals surface area (Å²) in [7, 11) is 3.19. The first-order chi connectivity index (χ1) is 21.0. The Balaban J connectivity index is 1.79. The van der Waals surface area contributed by atoms with E-state index in [4.69, 9.17) is 29.0 Å². The Labute approximate surface area is 250 Å². The Morgan fingerprint density at radius 2 is 1.88 bits per heavy atom. The average Bonchev–Trinajstić information content (AvgIpc) is 3.43. The predicted octanol–water partition coefficient (Wildman–Crippen LogP) is 4.56. The number of amides is 1. The van der Waals surface area contributed by atoms with Crippen LogP contribution in [-0.4, -0.2) is 63.0 Å². The normalized spacial score (nSPS) is 17.4. The third kappa shape index (κ3) is 7.82. The second-order valence-electron chi connectivity index (χ2n) is 9.79. The zero-order valence-electron chi connectivity index (χ0n) is 24.2. The number of hydrogen-bond acceptors (Lipinski definition) is 9. The molecule has 3 aromatic carbocycles. The van der Waals surface area contributed by atoms with Gasteiger partial charge in [0, 0.05) is 55.9 Å². The maximum Gasteiger partial charge on any atom is 0.266 e. The summed E-state index contributed by atoms with van der Waals surface area (Å²) in [5.41, 5.74) is 15.9. The molecular formula is C31H36N6O6. The van der Waals surface area contributed by atoms with Gasteiger partial charge < -0.3 is 24.1 Å². The fourth-order valence-electron chi connectivity index (χ4n) is 4.74. The van der Waals surface area contributed by atoms with E-state index in [9.17, 15) is 10.3 Å². The first-order valence-corrected chi connectivity index (χ1v) is 13.9. The van der Waals surface area contributed by atoms with Crippen LogP contribution in [0.4, 0.5) is 5.69 Å². The molecule has 3 aromatic rings. The highest BCUT2D eigenvalue weighted by molar-refractivity contribution is 6.01. The van der Waals surface area contributed by atoms with Gasteiger partial charge in [0.05, 0.1) is 13.7 Å². The summed E-state index contributed by atoms with van der Waals surface area (Å²) >= 11 is 0. The smallest absolute Gasteiger partial charge is 0.266 e. The number of aliphatic hydroxyl groups is 1. The van der Waals surface area contributed by atoms with Crippen LogP contribution in [0.2, 0.25) is 0 Å². The van der Waals surface area contributed by atoms with Crippen molar-refractivity contribution >= 4 is 17.5 Å². The molecule has 0 saturated heterocycles. The standard InChI is InChI=1S/C31H36N6O6/c1-40-18-6-16-33-36-30(39)31(21-24-8-3-4-11-27(24)35-37-32)28(23-9-5-10-26(20-23)41-2)43-29(34-31)22-12-14-25(15-13-22)42-19-7-17-38/h3-5,8-15,20,28,33,38H,6-7,16-19,21H2,1-2H3,(H,36,39)/t28-,31-/m0/s1. The molecule has 0 aliphatic carbocycles. The van der Waals surface area contributed by atoms with Crippen LogP contribution >= 0.6 is 0 Å². The molecule has 43 heavy (non-hydrogen) atoms. The molecule has 1 aliphatic rings. The lowest BCUT2D eigenvalue weighted by Gasteiger charge is -2.31. The quantitative estimate of drug-likeness (QED) is 0.0727. The van der Waals surface area contributed by atoms with Crippen molar-refractivity contribution in [1.82, 2.24) is 10.9 Å². The van der Waals surface area contributed by atoms with Gasteiger partial charge in [0.2, 0.25) is 5.90 Å². The Morgan fingerprint density at radius 1 is 1.07 bits per heavy atom. The van der Waals surface area contributed by atoms with Crippen LogP contribution in [0.1, 0.15) is 35.6 Å². The van der Waals surface area contributed by atoms with E-state index < -0.39 is 17.6 Å². The number of methoxy groups -OCH3 is 2. The molecule has 0 saturated carbocycles. The number of benzene rings is 3. The summed E-state index contributed by atoms with van der Waals surface area (Å²) in [6.45, 7) is 1.44. The van der Waals surface area contributed by atoms with Gasteiger partial charge >= 0.3 is 0 Å². The van der Waals surface area contributed by atoms with Crippen LogP contribution in [0.5, 0.6) is 11.5 Å². The predicted molar refractivity (Wildman–Crippen MR) is 161 cm³/mol. The number of hydrazine groups is 1. The van der Waals surface area contributed by atoms with E-state index in [0.29, 0.717) is 66.5 Å². The molecule has 0 radical (unpaired) electrons. The van der Waals surface area contributed by atoms with Gasteiger partial charge in [0.1, 0.15) is 11.5 Å². The maximum atomic E-state index is 14.2. The van der Waals surface area contributed by atoms with Crippen molar-refractivity contribution in [2.45, 2.75) is 30.9 Å². The number of carbonyl (C=O) groups excluding carboxylic acids is 1. The fraction of sp³-hybridized carbons (Fsp3) is 0.355. The molecule has 0 unspecified atom stereocenters. The van der Waals surface area contributed by atoms with Crippen LogP contribution in [0, 0.1) is 0 Å². The zero-order chi connectivity index (χ0) is 30.5. The highest BCUT2D eigenvalue weighted by Crippen LogP contribution is 2.44. The number of nitrogens with zero attached hydrogens (tertiary/aromatic N) is 4. The minimum absolute atomic E-state index is 0.0442. The van der Waals surface area contributed by atoms with E-state index in [-0.39, 0.29) is 18.9 Å². The lowest BCUT2D eigenvalue weighted by molar-refractivity contribution is -0.130. The molecule has 0 fully saturated rings. The van der Waals surface area contributed by atoms with Crippen molar-refractivity contribution in [1.29, 1.82) is 0 Å². The molecule has 12 nitrogen and oxygen atoms in total. The summed E-state index contributed by atoms with van der Waals surface area (Å²) in [5.74, 6) is 1.08. The number of nitrogens with one attached hydrogen (secondary N) is 2. The molecule has 4 rings (SSSR count). The number of aliphatic hydroxyl groups excluding tert-OH is 1. The molecule has 12 heteroatoms. The minimum atomic E-state index is -1.51. The third-order valence-corrected chi connectivity index (χ3v) is 6.88. The van der Waals surface area contributed by atoms with Crippen molar-refractivity contribution in [3.05, 3.63) is 99.9 Å². The van der Waals surface area contributed by atoms with Crippen LogP contribution in [0.3, 0.4) is 0 Å². The number of hydrogen-bond donors (Lipinski definition) is 3. The summed E-state index contributed by atoms with van der Waals surface area (Å²) < 4.78 is 22.8. The number of azide groups is 1. The molecule has 0 bridgehead atoms. The highest BCUT2D eigenvalue weighted by Gasteiger charge is 2.53. The SMILES string of the molecule is COCCCNNC(=O)[C@@]1(Cc2ccccc2N=[N+]=[N-])N=C(c2ccc(OCCCO)cc2)O[C@H]1c1cccc(OC)c1. The van der Waals surface area contributed by atoms with Crippen molar-refractivity contribution in [2.75, 3.05) is 40.6 Å². The molecule has 2 atom stereocenters. The topological polar surface area (TPSA) is 159 Å². The van der Waals surface area contributed by atoms with Crippen molar-refractivity contribution in [2.24, 2.45) is 10.1 Å². The van der Waals surface area contributed by atoms with Crippen molar-refractivity contribution < 1.29 is 28.8 Å². The summed E-state index contributed by atoms with van der Waals surface area (Å²) in [6.07, 6.45) is 0.411. The number of aliphatic imine (C=N–C) groups is 1. The van der Waals surface area contributed by atoms with E-state index in [2.05, 4.69) is 20.9 Å². The van der Waals surface area contributed by atoms with Gasteiger partial charge in [-0.25, -0.2) is 10.4 Å². The second-order valence-corrected chi connectivity index (χ2v) is 9.79. The maximum absolute atomic E-state index is 14.2. The molecule has 0 aromatic heterocycles. The molecule has 226 valence electrons. The molecule has 1 amide bonds. The van der Waals surface area contributed by atoms with Crippen molar-refractivity contribution in [3.63, 3.8) is 0 Å². The van der Waals surface area contributed by atoms with Gasteiger partial charge in [0.15, 0.2) is 11.6 Å². The molecular weight excluding hydrogens is 552 g/mol. The lowest BCUT2D eigenvalue weighted by Crippen LogP contribution is -2.54. The molecule has 0 spiro atoms. The van der Waals surface area contributed by atoms with E-state index in [0.717, 1.165) is 0 Å². The van der Waals surface area contributed by atoms with Gasteiger partial charge in [-0.15, -0.1) is 0 Å². The van der Waals surface area contributed by atoms with E-state index >= 15 is 0 Å². The third-order valence-electron chi connectivity index (χ3n) is 6.88. The van der Waals surface area contributed by atoms with Crippen LogP contribution in [0.15, 0.2) is 82.9 Å². The van der Waals surface area contributed by atoms with Crippen LogP contribution in [-0.2, 0) is 20.7 Å². The summed E-state index contributed by atoms with van der Waals surface area (Å²) in [5, 5.41) is 12.9. The van der Waals surface area contributed by atoms with Crippen LogP contribution < -0.4 is 20.3 Å². The van der Waals surface area contributed by atoms with Gasteiger partial charge in [-0.05, 0) is 59.5 Å². The Kier molecular flexibility index (Phi) is 11.3.